The molecule has 104 valence electrons. The molecule has 0 bridgehead atoms. The Morgan fingerprint density at radius 2 is 2.05 bits per heavy atom. The molecule has 0 saturated heterocycles. The van der Waals surface area contributed by atoms with Crippen LogP contribution in [-0.2, 0) is 6.42 Å². The number of nitrogen functional groups attached to an aromatic ring is 1. The van der Waals surface area contributed by atoms with Gasteiger partial charge in [0.15, 0.2) is 0 Å². The Balaban J connectivity index is 1.75. The highest BCUT2D eigenvalue weighted by Gasteiger charge is 2.19. The molecule has 1 nitrogen and oxygen atoms in total. The van der Waals surface area contributed by atoms with Gasteiger partial charge >= 0.3 is 0 Å². The molecule has 0 spiro atoms. The van der Waals surface area contributed by atoms with E-state index in [0.717, 1.165) is 11.4 Å². The molecule has 2 heteroatoms. The predicted octanol–water partition coefficient (Wildman–Crippen LogP) is 4.79. The molecule has 1 aliphatic rings. The van der Waals surface area contributed by atoms with Gasteiger partial charge in [-0.05, 0) is 60.9 Å². The van der Waals surface area contributed by atoms with Gasteiger partial charge in [0.2, 0.25) is 0 Å². The summed E-state index contributed by atoms with van der Waals surface area (Å²) >= 11 is 1.95. The van der Waals surface area contributed by atoms with Crippen molar-refractivity contribution in [3.8, 4) is 0 Å². The maximum atomic E-state index is 5.90. The summed E-state index contributed by atoms with van der Waals surface area (Å²) < 4.78 is 0. The van der Waals surface area contributed by atoms with Crippen molar-refractivity contribution in [2.75, 3.05) is 11.5 Å². The summed E-state index contributed by atoms with van der Waals surface area (Å²) in [5, 5.41) is 0. The monoisotopic (exact) mass is 283 g/mol. The number of anilines is 1. The van der Waals surface area contributed by atoms with Gasteiger partial charge in [0.05, 0.1) is 0 Å². The Kier molecular flexibility index (Phi) is 4.02. The molecular formula is C18H21NS. The third-order valence-corrected chi connectivity index (χ3v) is 5.47. The molecule has 2 aromatic rings. The van der Waals surface area contributed by atoms with Crippen LogP contribution in [0.4, 0.5) is 5.69 Å². The normalized spacial score (nSPS) is 17.8. The average molecular weight is 283 g/mol. The first-order chi connectivity index (χ1) is 9.74. The lowest BCUT2D eigenvalue weighted by Gasteiger charge is -2.25. The van der Waals surface area contributed by atoms with E-state index in [0.29, 0.717) is 5.92 Å². The minimum absolute atomic E-state index is 0.686. The third kappa shape index (κ3) is 2.85. The van der Waals surface area contributed by atoms with Crippen molar-refractivity contribution in [3.05, 3.63) is 59.2 Å². The second-order valence-electron chi connectivity index (χ2n) is 5.62. The highest BCUT2D eigenvalue weighted by molar-refractivity contribution is 7.99. The number of thioether (sulfide) groups is 1. The molecule has 2 N–H and O–H groups in total. The van der Waals surface area contributed by atoms with Gasteiger partial charge in [-0.3, -0.25) is 0 Å². The molecule has 20 heavy (non-hydrogen) atoms. The fraction of sp³-hybridized carbons (Fsp3) is 0.333. The molecule has 1 aliphatic carbocycles. The number of hydrogen-bond acceptors (Lipinski definition) is 2. The van der Waals surface area contributed by atoms with E-state index in [1.54, 1.807) is 11.1 Å². The van der Waals surface area contributed by atoms with E-state index >= 15 is 0 Å². The van der Waals surface area contributed by atoms with Crippen LogP contribution in [0.25, 0.3) is 0 Å². The number of rotatable bonds is 3. The van der Waals surface area contributed by atoms with E-state index in [9.17, 15) is 0 Å². The van der Waals surface area contributed by atoms with E-state index < -0.39 is 0 Å². The van der Waals surface area contributed by atoms with Crippen LogP contribution in [0.2, 0.25) is 0 Å². The van der Waals surface area contributed by atoms with Gasteiger partial charge in [-0.2, -0.15) is 0 Å². The van der Waals surface area contributed by atoms with Crippen molar-refractivity contribution in [3.63, 3.8) is 0 Å². The van der Waals surface area contributed by atoms with E-state index in [2.05, 4.69) is 43.3 Å². The smallest absolute Gasteiger partial charge is 0.0325 e. The Morgan fingerprint density at radius 3 is 2.95 bits per heavy atom. The number of benzene rings is 2. The highest BCUT2D eigenvalue weighted by Crippen LogP contribution is 2.36. The average Bonchev–Trinajstić information content (AvgIpc) is 2.48. The standard InChI is InChI=1S/C18H21NS/c1-13-9-10-16(19)11-18(13)20-12-15-7-4-6-14-5-2-3-8-17(14)15/h2-3,5,8-11,15H,4,6-7,12,19H2,1H3. The largest absolute Gasteiger partial charge is 0.399 e. The Labute approximate surface area is 125 Å². The molecule has 0 heterocycles. The molecule has 0 saturated carbocycles. The van der Waals surface area contributed by atoms with Crippen molar-refractivity contribution in [1.29, 1.82) is 0 Å². The van der Waals surface area contributed by atoms with E-state index in [4.69, 9.17) is 5.73 Å². The molecule has 3 rings (SSSR count). The second kappa shape index (κ2) is 5.92. The fourth-order valence-corrected chi connectivity index (χ4v) is 4.23. The summed E-state index contributed by atoms with van der Waals surface area (Å²) in [4.78, 5) is 1.33. The number of aryl methyl sites for hydroxylation is 2. The first kappa shape index (κ1) is 13.6. The van der Waals surface area contributed by atoms with Crippen LogP contribution in [0.5, 0.6) is 0 Å². The van der Waals surface area contributed by atoms with Gasteiger partial charge in [0.1, 0.15) is 0 Å². The van der Waals surface area contributed by atoms with E-state index in [1.807, 2.05) is 17.8 Å². The van der Waals surface area contributed by atoms with E-state index in [-0.39, 0.29) is 0 Å². The Morgan fingerprint density at radius 1 is 1.20 bits per heavy atom. The van der Waals surface area contributed by atoms with Crippen LogP contribution in [0.1, 0.15) is 35.4 Å². The molecule has 0 fully saturated rings. The summed E-state index contributed by atoms with van der Waals surface area (Å²) in [6, 6.07) is 15.1. The predicted molar refractivity (Wildman–Crippen MR) is 88.4 cm³/mol. The molecule has 0 amide bonds. The summed E-state index contributed by atoms with van der Waals surface area (Å²) in [5.74, 6) is 1.84. The fourth-order valence-electron chi connectivity index (χ4n) is 2.99. The van der Waals surface area contributed by atoms with Crippen LogP contribution < -0.4 is 5.73 Å². The van der Waals surface area contributed by atoms with Crippen LogP contribution >= 0.6 is 11.8 Å². The van der Waals surface area contributed by atoms with Crippen molar-refractivity contribution in [2.45, 2.75) is 37.0 Å². The van der Waals surface area contributed by atoms with Crippen LogP contribution in [0.3, 0.4) is 0 Å². The highest BCUT2D eigenvalue weighted by atomic mass is 32.2. The number of fused-ring (bicyclic) bond motifs is 1. The van der Waals surface area contributed by atoms with Crippen LogP contribution in [0, 0.1) is 6.92 Å². The Bertz CT molecular complexity index is 606. The summed E-state index contributed by atoms with van der Waals surface area (Å²) in [5.41, 5.74) is 11.2. The van der Waals surface area contributed by atoms with Crippen LogP contribution in [0.15, 0.2) is 47.4 Å². The molecule has 0 aliphatic heterocycles. The maximum Gasteiger partial charge on any atom is 0.0325 e. The lowest BCUT2D eigenvalue weighted by molar-refractivity contribution is 0.596. The lowest BCUT2D eigenvalue weighted by atomic mass is 9.84. The van der Waals surface area contributed by atoms with E-state index in [1.165, 1.54) is 29.7 Å². The van der Waals surface area contributed by atoms with Crippen molar-refractivity contribution < 1.29 is 0 Å². The third-order valence-electron chi connectivity index (χ3n) is 4.15. The molecule has 1 unspecified atom stereocenters. The van der Waals surface area contributed by atoms with Gasteiger partial charge in [-0.25, -0.2) is 0 Å². The summed E-state index contributed by atoms with van der Waals surface area (Å²) in [6.45, 7) is 2.16. The second-order valence-corrected chi connectivity index (χ2v) is 6.69. The van der Waals surface area contributed by atoms with Gasteiger partial charge in [0.25, 0.3) is 0 Å². The molecular weight excluding hydrogens is 262 g/mol. The zero-order valence-corrected chi connectivity index (χ0v) is 12.7. The quantitative estimate of drug-likeness (QED) is 0.647. The topological polar surface area (TPSA) is 26.0 Å². The van der Waals surface area contributed by atoms with Gasteiger partial charge in [0, 0.05) is 16.3 Å². The minimum Gasteiger partial charge on any atom is -0.399 e. The summed E-state index contributed by atoms with van der Waals surface area (Å²) in [6.07, 6.45) is 3.87. The van der Waals surface area contributed by atoms with Crippen molar-refractivity contribution >= 4 is 17.4 Å². The molecule has 2 aromatic carbocycles. The van der Waals surface area contributed by atoms with Crippen molar-refractivity contribution in [2.24, 2.45) is 0 Å². The zero-order chi connectivity index (χ0) is 13.9. The van der Waals surface area contributed by atoms with Gasteiger partial charge < -0.3 is 5.73 Å². The zero-order valence-electron chi connectivity index (χ0n) is 11.9. The maximum absolute atomic E-state index is 5.90. The lowest BCUT2D eigenvalue weighted by Crippen LogP contribution is -2.11. The van der Waals surface area contributed by atoms with Gasteiger partial charge in [-0.15, -0.1) is 11.8 Å². The first-order valence-corrected chi connectivity index (χ1v) is 8.29. The number of nitrogens with two attached hydrogens (primary N) is 1. The van der Waals surface area contributed by atoms with Gasteiger partial charge in [-0.1, -0.05) is 30.3 Å². The minimum atomic E-state index is 0.686. The first-order valence-electron chi connectivity index (χ1n) is 7.31. The summed E-state index contributed by atoms with van der Waals surface area (Å²) in [7, 11) is 0. The molecule has 1 atom stereocenters. The molecule has 0 radical (unpaired) electrons. The number of hydrogen-bond donors (Lipinski definition) is 1. The SMILES string of the molecule is Cc1ccc(N)cc1SCC1CCCc2ccccc21. The Hall–Kier alpha value is -1.41. The molecule has 0 aromatic heterocycles. The van der Waals surface area contributed by atoms with Crippen molar-refractivity contribution in [1.82, 2.24) is 0 Å². The van der Waals surface area contributed by atoms with Crippen LogP contribution in [-0.4, -0.2) is 5.75 Å².